The van der Waals surface area contributed by atoms with Gasteiger partial charge in [0.1, 0.15) is 5.84 Å². The molecule has 0 fully saturated rings. The van der Waals surface area contributed by atoms with Crippen molar-refractivity contribution in [2.75, 3.05) is 0 Å². The minimum absolute atomic E-state index is 0.318. The van der Waals surface area contributed by atoms with Crippen molar-refractivity contribution in [3.8, 4) is 0 Å². The Hall–Kier alpha value is -0.990. The number of aliphatic imine (C=N–C) groups is 1. The number of unbranched alkanes of at least 4 members (excludes halogenated alkanes) is 1. The van der Waals surface area contributed by atoms with Crippen molar-refractivity contribution in [2.45, 2.75) is 33.1 Å². The number of hydrogen-bond acceptors (Lipinski definition) is 1. The van der Waals surface area contributed by atoms with Crippen LogP contribution < -0.4 is 5.73 Å². The van der Waals surface area contributed by atoms with E-state index in [1.54, 1.807) is 18.3 Å². The predicted molar refractivity (Wildman–Crippen MR) is 85.8 cm³/mol. The van der Waals surface area contributed by atoms with E-state index in [9.17, 15) is 0 Å². The summed E-state index contributed by atoms with van der Waals surface area (Å²) in [6.07, 6.45) is 7.00. The summed E-state index contributed by atoms with van der Waals surface area (Å²) in [5.74, 6) is 0.989. The van der Waals surface area contributed by atoms with Crippen molar-refractivity contribution in [2.24, 2.45) is 16.6 Å². The van der Waals surface area contributed by atoms with Crippen molar-refractivity contribution in [1.82, 2.24) is 0 Å². The molecule has 4 heteroatoms. The molecule has 1 aromatic carbocycles. The van der Waals surface area contributed by atoms with Gasteiger partial charge in [-0.2, -0.15) is 0 Å². The highest BCUT2D eigenvalue weighted by molar-refractivity contribution is 6.42. The first-order valence-corrected chi connectivity index (χ1v) is 7.25. The first-order valence-electron chi connectivity index (χ1n) is 6.49. The van der Waals surface area contributed by atoms with Gasteiger partial charge in [-0.05, 0) is 30.2 Å². The summed E-state index contributed by atoms with van der Waals surface area (Å²) < 4.78 is 0. The summed E-state index contributed by atoms with van der Waals surface area (Å²) in [5, 5.41) is 1.09. The Bertz CT molecular complexity index is 467. The van der Waals surface area contributed by atoms with E-state index in [4.69, 9.17) is 28.9 Å². The molecule has 19 heavy (non-hydrogen) atoms. The predicted octanol–water partition coefficient (Wildman–Crippen LogP) is 5.15. The fourth-order valence-electron chi connectivity index (χ4n) is 1.61. The van der Waals surface area contributed by atoms with Crippen LogP contribution in [-0.4, -0.2) is 5.84 Å². The summed E-state index contributed by atoms with van der Waals surface area (Å²) >= 11 is 11.8. The molecule has 1 rings (SSSR count). The van der Waals surface area contributed by atoms with Crippen LogP contribution >= 0.6 is 23.2 Å². The van der Waals surface area contributed by atoms with Gasteiger partial charge in [0.15, 0.2) is 0 Å². The van der Waals surface area contributed by atoms with Crippen LogP contribution in [0.2, 0.25) is 10.0 Å². The Kier molecular flexibility index (Phi) is 6.96. The second-order valence-corrected chi connectivity index (χ2v) is 5.40. The van der Waals surface area contributed by atoms with Crippen LogP contribution in [0, 0.1) is 5.92 Å². The molecule has 0 saturated carbocycles. The maximum Gasteiger partial charge on any atom is 0.102 e. The van der Waals surface area contributed by atoms with Gasteiger partial charge in [-0.3, -0.25) is 0 Å². The number of rotatable bonds is 6. The Morgan fingerprint density at radius 2 is 2.11 bits per heavy atom. The van der Waals surface area contributed by atoms with Gasteiger partial charge < -0.3 is 5.73 Å². The molecule has 0 radical (unpaired) electrons. The lowest BCUT2D eigenvalue weighted by Gasteiger charge is -2.08. The molecule has 0 aromatic heterocycles. The number of halogens is 2. The highest BCUT2D eigenvalue weighted by Crippen LogP contribution is 2.23. The van der Waals surface area contributed by atoms with Crippen molar-refractivity contribution >= 4 is 35.1 Å². The molecule has 0 aliphatic heterocycles. The van der Waals surface area contributed by atoms with E-state index in [0.29, 0.717) is 21.8 Å². The number of hydrogen-bond donors (Lipinski definition) is 1. The zero-order valence-electron chi connectivity index (χ0n) is 11.4. The van der Waals surface area contributed by atoms with Crippen molar-refractivity contribution in [1.29, 1.82) is 0 Å². The average Bonchev–Trinajstić information content (AvgIpc) is 2.39. The third kappa shape index (κ3) is 5.66. The van der Waals surface area contributed by atoms with E-state index in [-0.39, 0.29) is 0 Å². The lowest BCUT2D eigenvalue weighted by molar-refractivity contribution is 0.621. The zero-order chi connectivity index (χ0) is 14.3. The van der Waals surface area contributed by atoms with Crippen LogP contribution in [0.1, 0.15) is 38.7 Å². The number of benzene rings is 1. The van der Waals surface area contributed by atoms with Gasteiger partial charge >= 0.3 is 0 Å². The highest BCUT2D eigenvalue weighted by atomic mass is 35.5. The molecular weight excluding hydrogens is 279 g/mol. The average molecular weight is 299 g/mol. The first-order chi connectivity index (χ1) is 9.04. The zero-order valence-corrected chi connectivity index (χ0v) is 12.9. The molecule has 0 spiro atoms. The van der Waals surface area contributed by atoms with E-state index in [1.165, 1.54) is 12.8 Å². The molecular formula is C15H20Cl2N2. The summed E-state index contributed by atoms with van der Waals surface area (Å²) in [5.41, 5.74) is 6.88. The van der Waals surface area contributed by atoms with Crippen molar-refractivity contribution in [3.05, 3.63) is 40.0 Å². The Labute approximate surface area is 125 Å². The third-order valence-electron chi connectivity index (χ3n) is 2.93. The van der Waals surface area contributed by atoms with E-state index in [1.807, 2.05) is 12.1 Å². The minimum Gasteiger partial charge on any atom is -0.387 e. The van der Waals surface area contributed by atoms with E-state index >= 15 is 0 Å². The number of nitrogens with two attached hydrogens (primary N) is 1. The minimum atomic E-state index is 0.318. The van der Waals surface area contributed by atoms with Crippen LogP contribution in [0.5, 0.6) is 0 Å². The van der Waals surface area contributed by atoms with Crippen LogP contribution in [0.3, 0.4) is 0 Å². The van der Waals surface area contributed by atoms with Crippen LogP contribution in [-0.2, 0) is 0 Å². The highest BCUT2D eigenvalue weighted by Gasteiger charge is 2.04. The normalized spacial score (nSPS) is 14.0. The summed E-state index contributed by atoms with van der Waals surface area (Å²) in [7, 11) is 0. The molecule has 0 heterocycles. The van der Waals surface area contributed by atoms with Gasteiger partial charge in [0.25, 0.3) is 0 Å². The largest absolute Gasteiger partial charge is 0.387 e. The molecule has 0 aliphatic rings. The topological polar surface area (TPSA) is 38.4 Å². The molecule has 104 valence electrons. The van der Waals surface area contributed by atoms with E-state index in [0.717, 1.165) is 12.0 Å². The van der Waals surface area contributed by atoms with Gasteiger partial charge in [0.2, 0.25) is 0 Å². The van der Waals surface area contributed by atoms with Crippen molar-refractivity contribution in [3.63, 3.8) is 0 Å². The quantitative estimate of drug-likeness (QED) is 0.572. The second-order valence-electron chi connectivity index (χ2n) is 4.59. The molecule has 0 aliphatic carbocycles. The maximum absolute atomic E-state index is 5.94. The Balaban J connectivity index is 2.63. The lowest BCUT2D eigenvalue weighted by atomic mass is 10.0. The second kappa shape index (κ2) is 8.23. The first kappa shape index (κ1) is 16.1. The fraction of sp³-hybridized carbons (Fsp3) is 0.400. The Morgan fingerprint density at radius 3 is 2.74 bits per heavy atom. The van der Waals surface area contributed by atoms with Crippen LogP contribution in [0.15, 0.2) is 29.4 Å². The molecule has 2 nitrogen and oxygen atoms in total. The number of nitrogens with zero attached hydrogens (tertiary/aromatic N) is 1. The molecule has 2 N–H and O–H groups in total. The van der Waals surface area contributed by atoms with E-state index in [2.05, 4.69) is 18.8 Å². The van der Waals surface area contributed by atoms with Gasteiger partial charge in [0.05, 0.1) is 10.0 Å². The number of amidine groups is 1. The smallest absolute Gasteiger partial charge is 0.102 e. The summed E-state index contributed by atoms with van der Waals surface area (Å²) in [4.78, 5) is 4.26. The molecule has 1 aromatic rings. The molecule has 0 amide bonds. The van der Waals surface area contributed by atoms with Gasteiger partial charge in [0, 0.05) is 12.1 Å². The van der Waals surface area contributed by atoms with Crippen LogP contribution in [0.4, 0.5) is 0 Å². The van der Waals surface area contributed by atoms with Crippen LogP contribution in [0.25, 0.3) is 6.08 Å². The molecule has 0 saturated heterocycles. The molecule has 1 atom stereocenters. The monoisotopic (exact) mass is 298 g/mol. The van der Waals surface area contributed by atoms with E-state index < -0.39 is 0 Å². The standard InChI is InChI=1S/C15H20Cl2N2/c1-3-4-5-11(2)15(18)19-9-8-12-6-7-13(16)14(17)10-12/h6-11H,3-5H2,1-2H3,(H2,18,19)/b9-8+. The summed E-state index contributed by atoms with van der Waals surface area (Å²) in [6.45, 7) is 4.27. The SMILES string of the molecule is CCCCC(C)C(N)=N/C=C/c1ccc(Cl)c(Cl)c1. The fourth-order valence-corrected chi connectivity index (χ4v) is 1.92. The van der Waals surface area contributed by atoms with Gasteiger partial charge in [-0.25, -0.2) is 4.99 Å². The molecule has 0 bridgehead atoms. The van der Waals surface area contributed by atoms with Crippen molar-refractivity contribution < 1.29 is 0 Å². The third-order valence-corrected chi connectivity index (χ3v) is 3.67. The Morgan fingerprint density at radius 1 is 1.37 bits per heavy atom. The maximum atomic E-state index is 5.94. The summed E-state index contributed by atoms with van der Waals surface area (Å²) in [6, 6.07) is 5.45. The van der Waals surface area contributed by atoms with Gasteiger partial charge in [-0.15, -0.1) is 0 Å². The molecule has 1 unspecified atom stereocenters. The lowest BCUT2D eigenvalue weighted by Crippen LogP contribution is -2.20. The van der Waals surface area contributed by atoms with Gasteiger partial charge in [-0.1, -0.05) is 56.0 Å².